The van der Waals surface area contributed by atoms with Crippen molar-refractivity contribution in [3.63, 3.8) is 0 Å². The average Bonchev–Trinajstić information content (AvgIpc) is 2.40. The smallest absolute Gasteiger partial charge is 0.407 e. The second-order valence-electron chi connectivity index (χ2n) is 6.89. The van der Waals surface area contributed by atoms with Gasteiger partial charge in [-0.1, -0.05) is 25.4 Å². The summed E-state index contributed by atoms with van der Waals surface area (Å²) in [6.45, 7) is 10.6. The van der Waals surface area contributed by atoms with Gasteiger partial charge in [0, 0.05) is 13.1 Å². The lowest BCUT2D eigenvalue weighted by atomic mass is 9.95. The highest BCUT2D eigenvalue weighted by Crippen LogP contribution is 2.23. The predicted molar refractivity (Wildman–Crippen MR) is 92.5 cm³/mol. The summed E-state index contributed by atoms with van der Waals surface area (Å²) in [4.78, 5) is 11.7. The SMILES string of the molecule is CC(C)C(CNC(=O)OC(C)(C)C)CNc1cc(F)ccc1Cl. The van der Waals surface area contributed by atoms with E-state index in [1.165, 1.54) is 18.2 Å². The Morgan fingerprint density at radius 3 is 2.52 bits per heavy atom. The number of amides is 1. The van der Waals surface area contributed by atoms with E-state index in [4.69, 9.17) is 16.3 Å². The molecule has 0 fully saturated rings. The van der Waals surface area contributed by atoms with Gasteiger partial charge in [0.15, 0.2) is 0 Å². The first kappa shape index (κ1) is 19.6. The summed E-state index contributed by atoms with van der Waals surface area (Å²) in [5.74, 6) is 0.136. The molecule has 1 aromatic carbocycles. The van der Waals surface area contributed by atoms with Crippen LogP contribution < -0.4 is 10.6 Å². The van der Waals surface area contributed by atoms with Gasteiger partial charge in [-0.25, -0.2) is 9.18 Å². The van der Waals surface area contributed by atoms with Crippen molar-refractivity contribution in [3.8, 4) is 0 Å². The molecule has 1 amide bonds. The average molecular weight is 345 g/mol. The largest absolute Gasteiger partial charge is 0.444 e. The van der Waals surface area contributed by atoms with Gasteiger partial charge in [-0.05, 0) is 50.8 Å². The normalized spacial score (nSPS) is 12.9. The number of carbonyl (C=O) groups is 1. The number of hydrogen-bond donors (Lipinski definition) is 2. The Morgan fingerprint density at radius 2 is 1.96 bits per heavy atom. The first-order valence-electron chi connectivity index (χ1n) is 7.74. The molecule has 2 N–H and O–H groups in total. The number of rotatable bonds is 6. The second-order valence-corrected chi connectivity index (χ2v) is 7.30. The zero-order valence-corrected chi connectivity index (χ0v) is 15.1. The fraction of sp³-hybridized carbons (Fsp3) is 0.588. The maximum atomic E-state index is 13.3. The molecular weight excluding hydrogens is 319 g/mol. The van der Waals surface area contributed by atoms with Gasteiger partial charge in [0.1, 0.15) is 11.4 Å². The summed E-state index contributed by atoms with van der Waals surface area (Å²) in [5, 5.41) is 6.38. The van der Waals surface area contributed by atoms with Crippen molar-refractivity contribution in [2.45, 2.75) is 40.2 Å². The Bertz CT molecular complexity index is 530. The highest BCUT2D eigenvalue weighted by atomic mass is 35.5. The molecule has 0 aliphatic heterocycles. The zero-order chi connectivity index (χ0) is 17.6. The minimum atomic E-state index is -0.523. The molecule has 6 heteroatoms. The monoisotopic (exact) mass is 344 g/mol. The molecule has 0 saturated carbocycles. The van der Waals surface area contributed by atoms with Crippen LogP contribution >= 0.6 is 11.6 Å². The minimum absolute atomic E-state index is 0.154. The molecule has 1 rings (SSSR count). The summed E-state index contributed by atoms with van der Waals surface area (Å²) in [6.07, 6.45) is -0.438. The molecule has 1 atom stereocenters. The second kappa shape index (κ2) is 8.39. The van der Waals surface area contributed by atoms with Gasteiger partial charge < -0.3 is 15.4 Å². The molecule has 4 nitrogen and oxygen atoms in total. The van der Waals surface area contributed by atoms with E-state index in [9.17, 15) is 9.18 Å². The summed E-state index contributed by atoms with van der Waals surface area (Å²) in [6, 6.07) is 4.20. The van der Waals surface area contributed by atoms with Crippen LogP contribution in [0.4, 0.5) is 14.9 Å². The number of anilines is 1. The molecule has 1 aromatic rings. The Hall–Kier alpha value is -1.49. The summed E-state index contributed by atoms with van der Waals surface area (Å²) in [5.41, 5.74) is 0.0275. The molecule has 0 saturated heterocycles. The van der Waals surface area contributed by atoms with Crippen molar-refractivity contribution >= 4 is 23.4 Å². The van der Waals surface area contributed by atoms with Crippen LogP contribution in [0.3, 0.4) is 0 Å². The molecule has 130 valence electrons. The van der Waals surface area contributed by atoms with Gasteiger partial charge >= 0.3 is 6.09 Å². The standard InChI is InChI=1S/C17H26ClFN2O2/c1-11(2)12(10-21-16(22)23-17(3,4)5)9-20-15-8-13(19)6-7-14(15)18/h6-8,11-12,20H,9-10H2,1-5H3,(H,21,22). The van der Waals surface area contributed by atoms with Gasteiger partial charge in [-0.15, -0.1) is 0 Å². The number of halogens is 2. The highest BCUT2D eigenvalue weighted by Gasteiger charge is 2.19. The fourth-order valence-electron chi connectivity index (χ4n) is 1.95. The third kappa shape index (κ3) is 7.55. The molecule has 1 unspecified atom stereocenters. The Morgan fingerprint density at radius 1 is 1.30 bits per heavy atom. The molecule has 0 radical (unpaired) electrons. The Labute approximate surface area is 142 Å². The third-order valence-electron chi connectivity index (χ3n) is 3.33. The number of benzene rings is 1. The van der Waals surface area contributed by atoms with E-state index in [2.05, 4.69) is 24.5 Å². The molecule has 23 heavy (non-hydrogen) atoms. The molecule has 0 spiro atoms. The van der Waals surface area contributed by atoms with E-state index in [1.54, 1.807) is 0 Å². The van der Waals surface area contributed by atoms with Crippen LogP contribution in [-0.2, 0) is 4.74 Å². The topological polar surface area (TPSA) is 50.4 Å². The summed E-state index contributed by atoms with van der Waals surface area (Å²) in [7, 11) is 0. The lowest BCUT2D eigenvalue weighted by Crippen LogP contribution is -2.38. The highest BCUT2D eigenvalue weighted by molar-refractivity contribution is 6.33. The van der Waals surface area contributed by atoms with Crippen LogP contribution in [0.25, 0.3) is 0 Å². The molecule has 0 bridgehead atoms. The predicted octanol–water partition coefficient (Wildman–Crippen LogP) is 4.69. The quantitative estimate of drug-likeness (QED) is 0.787. The molecule has 0 aliphatic carbocycles. The molecule has 0 heterocycles. The minimum Gasteiger partial charge on any atom is -0.444 e. The molecular formula is C17H26ClFN2O2. The van der Waals surface area contributed by atoms with E-state index in [1.807, 2.05) is 20.8 Å². The van der Waals surface area contributed by atoms with Gasteiger partial charge in [0.25, 0.3) is 0 Å². The van der Waals surface area contributed by atoms with Crippen molar-refractivity contribution in [2.24, 2.45) is 11.8 Å². The van der Waals surface area contributed by atoms with Crippen molar-refractivity contribution in [3.05, 3.63) is 29.0 Å². The van der Waals surface area contributed by atoms with Crippen LogP contribution in [0, 0.1) is 17.7 Å². The number of carbonyl (C=O) groups excluding carboxylic acids is 1. The van der Waals surface area contributed by atoms with Crippen molar-refractivity contribution in [1.29, 1.82) is 0 Å². The first-order chi connectivity index (χ1) is 10.6. The van der Waals surface area contributed by atoms with Gasteiger partial charge in [0.05, 0.1) is 10.7 Å². The van der Waals surface area contributed by atoms with E-state index in [0.29, 0.717) is 29.7 Å². The number of alkyl carbamates (subject to hydrolysis) is 1. The van der Waals surface area contributed by atoms with Gasteiger partial charge in [0.2, 0.25) is 0 Å². The van der Waals surface area contributed by atoms with E-state index in [0.717, 1.165) is 0 Å². The van der Waals surface area contributed by atoms with Crippen LogP contribution in [0.15, 0.2) is 18.2 Å². The van der Waals surface area contributed by atoms with Crippen molar-refractivity contribution in [1.82, 2.24) is 5.32 Å². The number of nitrogens with one attached hydrogen (secondary N) is 2. The van der Waals surface area contributed by atoms with Crippen LogP contribution in [0.5, 0.6) is 0 Å². The van der Waals surface area contributed by atoms with E-state index < -0.39 is 11.7 Å². The lowest BCUT2D eigenvalue weighted by molar-refractivity contribution is 0.0516. The van der Waals surface area contributed by atoms with Crippen molar-refractivity contribution in [2.75, 3.05) is 18.4 Å². The fourth-order valence-corrected chi connectivity index (χ4v) is 2.13. The number of ether oxygens (including phenoxy) is 1. The first-order valence-corrected chi connectivity index (χ1v) is 8.12. The summed E-state index contributed by atoms with van der Waals surface area (Å²) >= 11 is 6.04. The van der Waals surface area contributed by atoms with E-state index in [-0.39, 0.29) is 11.7 Å². The Kier molecular flexibility index (Phi) is 7.13. The number of hydrogen-bond acceptors (Lipinski definition) is 3. The van der Waals surface area contributed by atoms with Gasteiger partial charge in [-0.2, -0.15) is 0 Å². The molecule has 0 aromatic heterocycles. The third-order valence-corrected chi connectivity index (χ3v) is 3.66. The maximum absolute atomic E-state index is 13.3. The maximum Gasteiger partial charge on any atom is 0.407 e. The molecule has 0 aliphatic rings. The lowest BCUT2D eigenvalue weighted by Gasteiger charge is -2.24. The van der Waals surface area contributed by atoms with Gasteiger partial charge in [-0.3, -0.25) is 0 Å². The van der Waals surface area contributed by atoms with Crippen LogP contribution in [0.2, 0.25) is 5.02 Å². The van der Waals surface area contributed by atoms with Crippen LogP contribution in [-0.4, -0.2) is 24.8 Å². The van der Waals surface area contributed by atoms with E-state index >= 15 is 0 Å². The zero-order valence-electron chi connectivity index (χ0n) is 14.4. The van der Waals surface area contributed by atoms with Crippen LogP contribution in [0.1, 0.15) is 34.6 Å². The van der Waals surface area contributed by atoms with Crippen molar-refractivity contribution < 1.29 is 13.9 Å². The Balaban J connectivity index is 2.56. The summed E-state index contributed by atoms with van der Waals surface area (Å²) < 4.78 is 18.5.